The van der Waals surface area contributed by atoms with Gasteiger partial charge in [0, 0.05) is 18.7 Å². The molecule has 4 atom stereocenters. The lowest BCUT2D eigenvalue weighted by molar-refractivity contribution is -0.161. The van der Waals surface area contributed by atoms with E-state index in [-0.39, 0.29) is 13.2 Å². The summed E-state index contributed by atoms with van der Waals surface area (Å²) in [6.45, 7) is 5.52. The highest BCUT2D eigenvalue weighted by atomic mass is 16.6. The molecule has 2 heterocycles. The van der Waals surface area contributed by atoms with Crippen molar-refractivity contribution in [3.63, 3.8) is 0 Å². The van der Waals surface area contributed by atoms with Gasteiger partial charge in [-0.2, -0.15) is 0 Å². The average molecular weight is 509 g/mol. The van der Waals surface area contributed by atoms with Gasteiger partial charge in [0.05, 0.1) is 19.8 Å². The van der Waals surface area contributed by atoms with Crippen LogP contribution in [0.25, 0.3) is 0 Å². The lowest BCUT2D eigenvalue weighted by Crippen LogP contribution is -2.49. The zero-order valence-corrected chi connectivity index (χ0v) is 21.2. The molecule has 2 aromatic carbocycles. The molecule has 0 unspecified atom stereocenters. The topological polar surface area (TPSA) is 109 Å². The van der Waals surface area contributed by atoms with Gasteiger partial charge < -0.3 is 18.9 Å². The number of nitrogens with one attached hydrogen (secondary N) is 1. The molecular formula is C28H32N2O7. The molecule has 0 amide bonds. The summed E-state index contributed by atoms with van der Waals surface area (Å²) in [7, 11) is 0. The molecule has 4 rings (SSSR count). The fourth-order valence-electron chi connectivity index (χ4n) is 4.55. The summed E-state index contributed by atoms with van der Waals surface area (Å²) >= 11 is 0. The molecule has 196 valence electrons. The number of carbonyl (C=O) groups excluding carboxylic acids is 1. The number of hydrogen-bond donors (Lipinski definition) is 1. The van der Waals surface area contributed by atoms with Gasteiger partial charge in [-0.25, -0.2) is 4.79 Å². The van der Waals surface area contributed by atoms with Crippen molar-refractivity contribution in [3.05, 3.63) is 104 Å². The number of hydrogen-bond acceptors (Lipinski definition) is 7. The van der Waals surface area contributed by atoms with Gasteiger partial charge in [0.25, 0.3) is 5.56 Å². The number of rotatable bonds is 10. The molecule has 37 heavy (non-hydrogen) atoms. The first-order chi connectivity index (χ1) is 17.8. The van der Waals surface area contributed by atoms with Crippen molar-refractivity contribution in [1.82, 2.24) is 9.55 Å². The van der Waals surface area contributed by atoms with E-state index in [0.29, 0.717) is 18.6 Å². The van der Waals surface area contributed by atoms with Gasteiger partial charge in [-0.15, -0.1) is 0 Å². The maximum Gasteiger partial charge on any atom is 0.330 e. The quantitative estimate of drug-likeness (QED) is 0.419. The third kappa shape index (κ3) is 6.07. The Morgan fingerprint density at radius 2 is 1.65 bits per heavy atom. The first kappa shape index (κ1) is 26.5. The van der Waals surface area contributed by atoms with Crippen LogP contribution in [-0.4, -0.2) is 39.9 Å². The van der Waals surface area contributed by atoms with Crippen LogP contribution in [-0.2, 0) is 37.0 Å². The van der Waals surface area contributed by atoms with Crippen molar-refractivity contribution >= 4 is 5.97 Å². The van der Waals surface area contributed by atoms with Gasteiger partial charge in [-0.05, 0) is 24.5 Å². The number of nitrogens with zero attached hydrogens (tertiary/aromatic N) is 1. The molecule has 3 aromatic rings. The maximum absolute atomic E-state index is 12.8. The number of carbonyl (C=O) groups is 1. The molecule has 0 radical (unpaired) electrons. The molecule has 1 aliphatic rings. The van der Waals surface area contributed by atoms with Crippen molar-refractivity contribution in [2.24, 2.45) is 0 Å². The minimum atomic E-state index is -1.04. The van der Waals surface area contributed by atoms with Crippen LogP contribution >= 0.6 is 0 Å². The van der Waals surface area contributed by atoms with Crippen LogP contribution in [0.5, 0.6) is 0 Å². The van der Waals surface area contributed by atoms with Crippen LogP contribution in [0.4, 0.5) is 0 Å². The molecule has 0 spiro atoms. The summed E-state index contributed by atoms with van der Waals surface area (Å²) in [5.74, 6) is -0.543. The van der Waals surface area contributed by atoms with Gasteiger partial charge >= 0.3 is 11.7 Å². The van der Waals surface area contributed by atoms with Crippen LogP contribution in [0.3, 0.4) is 0 Å². The molecule has 9 heteroatoms. The van der Waals surface area contributed by atoms with Crippen molar-refractivity contribution in [1.29, 1.82) is 0 Å². The van der Waals surface area contributed by atoms with E-state index in [4.69, 9.17) is 18.9 Å². The van der Waals surface area contributed by atoms with Gasteiger partial charge in [-0.1, -0.05) is 67.6 Å². The molecule has 1 saturated heterocycles. The number of H-pyrrole nitrogens is 1. The third-order valence-corrected chi connectivity index (χ3v) is 6.50. The molecule has 1 N–H and O–H groups in total. The second kappa shape index (κ2) is 11.7. The smallest absolute Gasteiger partial charge is 0.330 e. The predicted molar refractivity (Wildman–Crippen MR) is 136 cm³/mol. The normalized spacial score (nSPS) is 23.2. The minimum Gasteiger partial charge on any atom is -0.455 e. The van der Waals surface area contributed by atoms with E-state index in [1.165, 1.54) is 17.7 Å². The summed E-state index contributed by atoms with van der Waals surface area (Å²) in [6.07, 6.45) is -0.904. The molecule has 1 aromatic heterocycles. The summed E-state index contributed by atoms with van der Waals surface area (Å²) in [5.41, 5.74) is 0.0390. The fourth-order valence-corrected chi connectivity index (χ4v) is 4.55. The van der Waals surface area contributed by atoms with Crippen molar-refractivity contribution in [2.75, 3.05) is 6.61 Å². The second-order valence-electron chi connectivity index (χ2n) is 9.18. The molecule has 1 aliphatic heterocycles. The Hall–Kier alpha value is -3.53. The standard InChI is InChI=1S/C28H32N2O7/c1-4-28(18-34-16-21-11-7-5-8-12-21)24(35-17-22-13-9-6-10-14-22)23(36-20(3)31)26(37-28)30-15-19(2)25(32)29-27(30)33/h5-15,23-24,26H,4,16-18H2,1-3H3,(H,29,32,33)/t23-,24+,26-,28-/m1/s1. The highest BCUT2D eigenvalue weighted by Crippen LogP contribution is 2.43. The summed E-state index contributed by atoms with van der Waals surface area (Å²) < 4.78 is 26.0. The van der Waals surface area contributed by atoms with Crippen molar-refractivity contribution in [3.8, 4) is 0 Å². The lowest BCUT2D eigenvalue weighted by atomic mass is 9.92. The van der Waals surface area contributed by atoms with Crippen molar-refractivity contribution < 1.29 is 23.7 Å². The number of aromatic amines is 1. The van der Waals surface area contributed by atoms with Crippen LogP contribution in [0, 0.1) is 6.92 Å². The van der Waals surface area contributed by atoms with Crippen molar-refractivity contribution in [2.45, 2.75) is 64.4 Å². The summed E-state index contributed by atoms with van der Waals surface area (Å²) in [5, 5.41) is 0. The molecule has 1 fully saturated rings. The Morgan fingerprint density at radius 1 is 1.03 bits per heavy atom. The van der Waals surface area contributed by atoms with Gasteiger partial charge in [0.1, 0.15) is 11.7 Å². The number of esters is 1. The average Bonchev–Trinajstić information content (AvgIpc) is 3.18. The zero-order chi connectivity index (χ0) is 26.4. The highest BCUT2D eigenvalue weighted by molar-refractivity contribution is 5.66. The Kier molecular flexibility index (Phi) is 8.38. The first-order valence-corrected chi connectivity index (χ1v) is 12.3. The van der Waals surface area contributed by atoms with E-state index in [2.05, 4.69) is 4.98 Å². The largest absolute Gasteiger partial charge is 0.455 e. The molecule has 0 bridgehead atoms. The van der Waals surface area contributed by atoms with Gasteiger partial charge in [0.15, 0.2) is 12.3 Å². The summed E-state index contributed by atoms with van der Waals surface area (Å²) in [4.78, 5) is 39.3. The highest BCUT2D eigenvalue weighted by Gasteiger charge is 2.58. The van der Waals surface area contributed by atoms with E-state index < -0.39 is 41.3 Å². The lowest BCUT2D eigenvalue weighted by Gasteiger charge is -2.33. The zero-order valence-electron chi connectivity index (χ0n) is 21.2. The number of ether oxygens (including phenoxy) is 4. The molecule has 0 aliphatic carbocycles. The number of aromatic nitrogens is 2. The Labute approximate surface area is 215 Å². The first-order valence-electron chi connectivity index (χ1n) is 12.3. The van der Waals surface area contributed by atoms with Gasteiger partial charge in [-0.3, -0.25) is 19.1 Å². The minimum absolute atomic E-state index is 0.128. The maximum atomic E-state index is 12.8. The van der Waals surface area contributed by atoms with E-state index in [0.717, 1.165) is 11.1 Å². The van der Waals surface area contributed by atoms with Crippen LogP contribution in [0.15, 0.2) is 76.4 Å². The second-order valence-corrected chi connectivity index (χ2v) is 9.18. The Morgan fingerprint density at radius 3 is 2.24 bits per heavy atom. The summed E-state index contributed by atoms with van der Waals surface area (Å²) in [6, 6.07) is 19.3. The van der Waals surface area contributed by atoms with Crippen LogP contribution < -0.4 is 11.2 Å². The fraction of sp³-hybridized carbons (Fsp3) is 0.393. The monoisotopic (exact) mass is 508 g/mol. The van der Waals surface area contributed by atoms with Crippen LogP contribution in [0.1, 0.15) is 43.2 Å². The number of benzene rings is 2. The molecular weight excluding hydrogens is 476 g/mol. The third-order valence-electron chi connectivity index (χ3n) is 6.50. The number of aryl methyl sites for hydroxylation is 1. The SMILES string of the molecule is CC[C@]1(COCc2ccccc2)O[C@@H](n2cc(C)c(=O)[nH]c2=O)[C@H](OC(C)=O)[C@@H]1OCc1ccccc1. The molecule has 9 nitrogen and oxygen atoms in total. The van der Waals surface area contributed by atoms with E-state index in [9.17, 15) is 14.4 Å². The van der Waals surface area contributed by atoms with Gasteiger partial charge in [0.2, 0.25) is 0 Å². The predicted octanol–water partition coefficient (Wildman–Crippen LogP) is 3.26. The van der Waals surface area contributed by atoms with E-state index >= 15 is 0 Å². The van der Waals surface area contributed by atoms with Crippen LogP contribution in [0.2, 0.25) is 0 Å². The Balaban J connectivity index is 1.70. The van der Waals surface area contributed by atoms with E-state index in [1.807, 2.05) is 67.6 Å². The van der Waals surface area contributed by atoms with E-state index in [1.54, 1.807) is 6.92 Å². The Bertz CT molecular complexity index is 1310. The molecule has 0 saturated carbocycles.